The predicted molar refractivity (Wildman–Crippen MR) is 123 cm³/mol. The molecule has 0 aliphatic carbocycles. The van der Waals surface area contributed by atoms with E-state index >= 15 is 0 Å². The van der Waals surface area contributed by atoms with Crippen LogP contribution in [0.3, 0.4) is 0 Å². The molecular formula is C25H24N6O2. The zero-order valence-electron chi connectivity index (χ0n) is 18.1. The number of rotatable bonds is 7. The predicted octanol–water partition coefficient (Wildman–Crippen LogP) is 4.57. The van der Waals surface area contributed by atoms with Crippen molar-refractivity contribution in [1.82, 2.24) is 25.0 Å². The molecule has 1 unspecified atom stereocenters. The van der Waals surface area contributed by atoms with Crippen LogP contribution in [0, 0.1) is 0 Å². The Morgan fingerprint density at radius 3 is 2.79 bits per heavy atom. The zero-order valence-corrected chi connectivity index (χ0v) is 18.1. The van der Waals surface area contributed by atoms with Gasteiger partial charge in [-0.05, 0) is 37.1 Å². The molecule has 8 nitrogen and oxygen atoms in total. The molecule has 3 aromatic heterocycles. The van der Waals surface area contributed by atoms with Crippen LogP contribution in [-0.2, 0) is 11.2 Å². The lowest BCUT2D eigenvalue weighted by atomic mass is 10.1. The SMILES string of the molecule is O=C(CCc1ccno1)N1CCCC1c1nc(Nc2ccccc2)cc(-c2cccnc2)n1. The molecule has 1 saturated heterocycles. The summed E-state index contributed by atoms with van der Waals surface area (Å²) in [7, 11) is 0. The number of anilines is 2. The average molecular weight is 441 g/mol. The van der Waals surface area contributed by atoms with Crippen LogP contribution in [0.2, 0.25) is 0 Å². The Hall–Kier alpha value is -4.07. The van der Waals surface area contributed by atoms with E-state index in [9.17, 15) is 4.79 Å². The largest absolute Gasteiger partial charge is 0.361 e. The van der Waals surface area contributed by atoms with E-state index in [2.05, 4.69) is 15.5 Å². The summed E-state index contributed by atoms with van der Waals surface area (Å²) in [6.07, 6.45) is 7.75. The van der Waals surface area contributed by atoms with Gasteiger partial charge in [0, 0.05) is 55.2 Å². The first-order valence-corrected chi connectivity index (χ1v) is 11.1. The minimum atomic E-state index is -0.167. The van der Waals surface area contributed by atoms with E-state index in [0.717, 1.165) is 29.8 Å². The molecule has 1 fully saturated rings. The third-order valence-corrected chi connectivity index (χ3v) is 5.69. The molecule has 1 aliphatic heterocycles. The number of hydrogen-bond donors (Lipinski definition) is 1. The van der Waals surface area contributed by atoms with Gasteiger partial charge < -0.3 is 14.7 Å². The van der Waals surface area contributed by atoms with Gasteiger partial charge in [0.25, 0.3) is 0 Å². The third kappa shape index (κ3) is 4.90. The van der Waals surface area contributed by atoms with Gasteiger partial charge >= 0.3 is 0 Å². The molecule has 0 bridgehead atoms. The molecule has 4 aromatic rings. The molecule has 1 aliphatic rings. The number of nitrogens with one attached hydrogen (secondary N) is 1. The minimum Gasteiger partial charge on any atom is -0.361 e. The van der Waals surface area contributed by atoms with Gasteiger partial charge in [0.05, 0.1) is 17.9 Å². The summed E-state index contributed by atoms with van der Waals surface area (Å²) in [5, 5.41) is 7.08. The fraction of sp³-hybridized carbons (Fsp3) is 0.240. The van der Waals surface area contributed by atoms with Crippen molar-refractivity contribution in [3.05, 3.63) is 84.8 Å². The Bertz CT molecular complexity index is 1200. The maximum atomic E-state index is 13.0. The highest BCUT2D eigenvalue weighted by Crippen LogP contribution is 2.33. The molecule has 8 heteroatoms. The highest BCUT2D eigenvalue weighted by molar-refractivity contribution is 5.77. The van der Waals surface area contributed by atoms with Gasteiger partial charge in [0.15, 0.2) is 5.82 Å². The lowest BCUT2D eigenvalue weighted by Gasteiger charge is -2.24. The molecule has 1 amide bonds. The van der Waals surface area contributed by atoms with E-state index in [-0.39, 0.29) is 11.9 Å². The molecule has 166 valence electrons. The molecule has 1 atom stereocenters. The van der Waals surface area contributed by atoms with Crippen molar-refractivity contribution in [2.75, 3.05) is 11.9 Å². The lowest BCUT2D eigenvalue weighted by Crippen LogP contribution is -2.31. The summed E-state index contributed by atoms with van der Waals surface area (Å²) in [4.78, 5) is 28.8. The number of hydrogen-bond acceptors (Lipinski definition) is 7. The lowest BCUT2D eigenvalue weighted by molar-refractivity contribution is -0.132. The average Bonchev–Trinajstić information content (AvgIpc) is 3.56. The number of carbonyl (C=O) groups excluding carboxylic acids is 1. The van der Waals surface area contributed by atoms with Crippen molar-refractivity contribution < 1.29 is 9.32 Å². The van der Waals surface area contributed by atoms with E-state index in [1.807, 2.05) is 53.4 Å². The summed E-state index contributed by atoms with van der Waals surface area (Å²) in [6.45, 7) is 0.696. The zero-order chi connectivity index (χ0) is 22.5. The van der Waals surface area contributed by atoms with Gasteiger partial charge in [-0.25, -0.2) is 9.97 Å². The van der Waals surface area contributed by atoms with Crippen molar-refractivity contribution in [2.24, 2.45) is 0 Å². The first kappa shape index (κ1) is 20.8. The topological polar surface area (TPSA) is 97.0 Å². The van der Waals surface area contributed by atoms with Gasteiger partial charge in [-0.1, -0.05) is 23.4 Å². The Morgan fingerprint density at radius 1 is 1.09 bits per heavy atom. The summed E-state index contributed by atoms with van der Waals surface area (Å²) >= 11 is 0. The highest BCUT2D eigenvalue weighted by Gasteiger charge is 2.32. The fourth-order valence-electron chi connectivity index (χ4n) is 4.09. The Kier molecular flexibility index (Phi) is 6.06. The number of carbonyl (C=O) groups is 1. The first-order chi connectivity index (χ1) is 16.3. The van der Waals surface area contributed by atoms with Crippen molar-refractivity contribution in [1.29, 1.82) is 0 Å². The second-order valence-electron chi connectivity index (χ2n) is 7.95. The smallest absolute Gasteiger partial charge is 0.223 e. The number of aryl methyl sites for hydroxylation is 1. The molecule has 1 aromatic carbocycles. The normalized spacial score (nSPS) is 15.5. The van der Waals surface area contributed by atoms with Gasteiger partial charge in [-0.15, -0.1) is 0 Å². The van der Waals surface area contributed by atoms with Gasteiger partial charge in [0.2, 0.25) is 5.91 Å². The minimum absolute atomic E-state index is 0.0712. The Balaban J connectivity index is 1.44. The van der Waals surface area contributed by atoms with Crippen LogP contribution >= 0.6 is 0 Å². The van der Waals surface area contributed by atoms with Gasteiger partial charge in [-0.2, -0.15) is 0 Å². The number of nitrogens with zero attached hydrogens (tertiary/aromatic N) is 5. The fourth-order valence-corrected chi connectivity index (χ4v) is 4.09. The van der Waals surface area contributed by atoms with Crippen LogP contribution in [0.15, 0.2) is 77.7 Å². The van der Waals surface area contributed by atoms with Crippen molar-refractivity contribution >= 4 is 17.4 Å². The second kappa shape index (κ2) is 9.60. The molecule has 0 radical (unpaired) electrons. The summed E-state index contributed by atoms with van der Waals surface area (Å²) in [5.41, 5.74) is 2.61. The Morgan fingerprint density at radius 2 is 2.00 bits per heavy atom. The van der Waals surface area contributed by atoms with E-state index in [1.54, 1.807) is 24.7 Å². The number of para-hydroxylation sites is 1. The number of likely N-dealkylation sites (tertiary alicyclic amines) is 1. The van der Waals surface area contributed by atoms with E-state index < -0.39 is 0 Å². The standard InChI is InChI=1S/C25H24N6O2/c32-24(11-10-20-12-14-27-33-20)31-15-5-9-22(31)25-29-21(18-6-4-13-26-17-18)16-23(30-25)28-19-7-2-1-3-8-19/h1-4,6-8,12-14,16-17,22H,5,9-11,15H2,(H,28,29,30). The number of aromatic nitrogens is 4. The number of pyridine rings is 1. The van der Waals surface area contributed by atoms with Crippen LogP contribution < -0.4 is 5.32 Å². The van der Waals surface area contributed by atoms with E-state index in [1.165, 1.54) is 0 Å². The van der Waals surface area contributed by atoms with Gasteiger partial charge in [0.1, 0.15) is 11.6 Å². The Labute approximate surface area is 191 Å². The quantitative estimate of drug-likeness (QED) is 0.450. The molecular weight excluding hydrogens is 416 g/mol. The molecule has 4 heterocycles. The summed E-state index contributed by atoms with van der Waals surface area (Å²) in [6, 6.07) is 17.3. The van der Waals surface area contributed by atoms with Crippen LogP contribution in [-0.4, -0.2) is 37.5 Å². The van der Waals surface area contributed by atoms with Crippen LogP contribution in [0.5, 0.6) is 0 Å². The molecule has 0 spiro atoms. The maximum Gasteiger partial charge on any atom is 0.223 e. The van der Waals surface area contributed by atoms with Crippen molar-refractivity contribution in [3.8, 4) is 11.3 Å². The molecule has 1 N–H and O–H groups in total. The maximum absolute atomic E-state index is 13.0. The number of amides is 1. The second-order valence-corrected chi connectivity index (χ2v) is 7.95. The molecule has 5 rings (SSSR count). The first-order valence-electron chi connectivity index (χ1n) is 11.1. The van der Waals surface area contributed by atoms with Crippen LogP contribution in [0.4, 0.5) is 11.5 Å². The van der Waals surface area contributed by atoms with E-state index in [4.69, 9.17) is 14.5 Å². The van der Waals surface area contributed by atoms with Gasteiger partial charge in [-0.3, -0.25) is 9.78 Å². The summed E-state index contributed by atoms with van der Waals surface area (Å²) in [5.74, 6) is 2.11. The molecule has 33 heavy (non-hydrogen) atoms. The van der Waals surface area contributed by atoms with E-state index in [0.29, 0.717) is 36.8 Å². The van der Waals surface area contributed by atoms with Crippen LogP contribution in [0.25, 0.3) is 11.3 Å². The highest BCUT2D eigenvalue weighted by atomic mass is 16.5. The van der Waals surface area contributed by atoms with Crippen LogP contribution in [0.1, 0.15) is 36.9 Å². The summed E-state index contributed by atoms with van der Waals surface area (Å²) < 4.78 is 5.14. The van der Waals surface area contributed by atoms with Crippen molar-refractivity contribution in [3.63, 3.8) is 0 Å². The number of benzene rings is 1. The molecule has 0 saturated carbocycles. The third-order valence-electron chi connectivity index (χ3n) is 5.69. The van der Waals surface area contributed by atoms with Crippen molar-refractivity contribution in [2.45, 2.75) is 31.7 Å². The monoisotopic (exact) mass is 440 g/mol.